The molecule has 0 aliphatic carbocycles. The van der Waals surface area contributed by atoms with E-state index in [0.717, 1.165) is 24.3 Å². The summed E-state index contributed by atoms with van der Waals surface area (Å²) in [4.78, 5) is 15.7. The highest BCUT2D eigenvalue weighted by atomic mass is 16.5. The number of benzene rings is 1. The van der Waals surface area contributed by atoms with Crippen LogP contribution in [0.2, 0.25) is 0 Å². The quantitative estimate of drug-likeness (QED) is 0.768. The van der Waals surface area contributed by atoms with E-state index in [1.54, 1.807) is 6.92 Å². The van der Waals surface area contributed by atoms with Crippen LogP contribution < -0.4 is 4.74 Å². The van der Waals surface area contributed by atoms with Crippen molar-refractivity contribution in [3.05, 3.63) is 42.5 Å². The number of rotatable bonds is 7. The van der Waals surface area contributed by atoms with Crippen molar-refractivity contribution in [2.45, 2.75) is 38.8 Å². The van der Waals surface area contributed by atoms with Crippen molar-refractivity contribution < 1.29 is 14.6 Å². The maximum atomic E-state index is 11.6. The molecule has 5 heteroatoms. The van der Waals surface area contributed by atoms with Crippen molar-refractivity contribution in [2.75, 3.05) is 32.8 Å². The SMILES string of the molecule is C=CCc1ccccc1OCC(O)CN1CCN(C(C)=O)CC1(C)C. The summed E-state index contributed by atoms with van der Waals surface area (Å²) in [7, 11) is 0. The Kier molecular flexibility index (Phi) is 6.62. The lowest BCUT2D eigenvalue weighted by molar-refractivity contribution is -0.134. The van der Waals surface area contributed by atoms with Crippen molar-refractivity contribution in [1.82, 2.24) is 9.80 Å². The second-order valence-electron chi connectivity index (χ2n) is 7.26. The Morgan fingerprint density at radius 2 is 2.12 bits per heavy atom. The molecule has 0 saturated carbocycles. The summed E-state index contributed by atoms with van der Waals surface area (Å²) in [6, 6.07) is 7.83. The molecule has 1 heterocycles. The van der Waals surface area contributed by atoms with Gasteiger partial charge in [0.15, 0.2) is 0 Å². The molecule has 5 nitrogen and oxygen atoms in total. The van der Waals surface area contributed by atoms with Gasteiger partial charge < -0.3 is 14.7 Å². The van der Waals surface area contributed by atoms with Gasteiger partial charge in [-0.1, -0.05) is 24.3 Å². The minimum atomic E-state index is -0.583. The number of nitrogens with zero attached hydrogens (tertiary/aromatic N) is 2. The fourth-order valence-corrected chi connectivity index (χ4v) is 3.26. The lowest BCUT2D eigenvalue weighted by Gasteiger charge is -2.47. The van der Waals surface area contributed by atoms with Crippen LogP contribution in [0.1, 0.15) is 26.3 Å². The molecule has 1 aliphatic heterocycles. The molecule has 1 N–H and O–H groups in total. The highest BCUT2D eigenvalue weighted by Gasteiger charge is 2.35. The summed E-state index contributed by atoms with van der Waals surface area (Å²) in [5.41, 5.74) is 0.908. The molecule has 1 aromatic rings. The molecule has 1 saturated heterocycles. The zero-order valence-corrected chi connectivity index (χ0v) is 15.6. The molecule has 0 spiro atoms. The van der Waals surface area contributed by atoms with E-state index in [-0.39, 0.29) is 18.1 Å². The van der Waals surface area contributed by atoms with Crippen molar-refractivity contribution in [2.24, 2.45) is 0 Å². The van der Waals surface area contributed by atoms with Crippen LogP contribution in [0.5, 0.6) is 5.75 Å². The number of amides is 1. The van der Waals surface area contributed by atoms with Gasteiger partial charge in [-0.3, -0.25) is 9.69 Å². The number of allylic oxidation sites excluding steroid dienone is 1. The zero-order chi connectivity index (χ0) is 18.4. The molecule has 1 atom stereocenters. The van der Waals surface area contributed by atoms with Crippen LogP contribution in [0.15, 0.2) is 36.9 Å². The van der Waals surface area contributed by atoms with Gasteiger partial charge in [-0.15, -0.1) is 6.58 Å². The molecular formula is C20H30N2O3. The third kappa shape index (κ3) is 5.31. The summed E-state index contributed by atoms with van der Waals surface area (Å²) in [5.74, 6) is 0.901. The van der Waals surface area contributed by atoms with Crippen molar-refractivity contribution in [3.63, 3.8) is 0 Å². The fourth-order valence-electron chi connectivity index (χ4n) is 3.26. The van der Waals surface area contributed by atoms with E-state index in [0.29, 0.717) is 19.6 Å². The normalized spacial score (nSPS) is 18.6. The lowest BCUT2D eigenvalue weighted by Crippen LogP contribution is -2.61. The highest BCUT2D eigenvalue weighted by Crippen LogP contribution is 2.22. The number of aliphatic hydroxyl groups excluding tert-OH is 1. The van der Waals surface area contributed by atoms with E-state index >= 15 is 0 Å². The van der Waals surface area contributed by atoms with Crippen LogP contribution in [0.4, 0.5) is 0 Å². The Hall–Kier alpha value is -1.85. The summed E-state index contributed by atoms with van der Waals surface area (Å²) in [6.45, 7) is 12.5. The second-order valence-corrected chi connectivity index (χ2v) is 7.26. The molecule has 1 fully saturated rings. The van der Waals surface area contributed by atoms with E-state index in [1.807, 2.05) is 35.2 Å². The number of piperazine rings is 1. The molecule has 0 radical (unpaired) electrons. The van der Waals surface area contributed by atoms with E-state index in [9.17, 15) is 9.90 Å². The van der Waals surface area contributed by atoms with Gasteiger partial charge in [-0.05, 0) is 31.9 Å². The molecule has 1 amide bonds. The summed E-state index contributed by atoms with van der Waals surface area (Å²) in [6.07, 6.45) is 2.00. The first-order chi connectivity index (χ1) is 11.8. The number of carbonyl (C=O) groups is 1. The van der Waals surface area contributed by atoms with E-state index in [2.05, 4.69) is 25.3 Å². The summed E-state index contributed by atoms with van der Waals surface area (Å²) < 4.78 is 5.83. The third-order valence-corrected chi connectivity index (χ3v) is 4.72. The lowest BCUT2D eigenvalue weighted by atomic mass is 9.98. The topological polar surface area (TPSA) is 53.0 Å². The Balaban J connectivity index is 1.89. The molecule has 25 heavy (non-hydrogen) atoms. The first kappa shape index (κ1) is 19.5. The van der Waals surface area contributed by atoms with Crippen LogP contribution in [0, 0.1) is 0 Å². The molecule has 2 rings (SSSR count). The van der Waals surface area contributed by atoms with Crippen LogP contribution in [0.25, 0.3) is 0 Å². The molecule has 0 aromatic heterocycles. The fraction of sp³-hybridized carbons (Fsp3) is 0.550. The Morgan fingerprint density at radius 1 is 1.40 bits per heavy atom. The molecule has 1 unspecified atom stereocenters. The van der Waals surface area contributed by atoms with Crippen molar-refractivity contribution in [1.29, 1.82) is 0 Å². The number of β-amino-alcohol motifs (C(OH)–C–C–N with tert-alkyl or cyclic N) is 1. The first-order valence-electron chi connectivity index (χ1n) is 8.83. The van der Waals surface area contributed by atoms with Gasteiger partial charge in [0.25, 0.3) is 0 Å². The standard InChI is InChI=1S/C20H30N2O3/c1-5-8-17-9-6-7-10-19(17)25-14-18(24)13-22-12-11-21(16(2)23)15-20(22,3)4/h5-7,9-10,18,24H,1,8,11-15H2,2-4H3. The molecular weight excluding hydrogens is 316 g/mol. The Bertz CT molecular complexity index is 600. The molecule has 0 bridgehead atoms. The number of ether oxygens (including phenoxy) is 1. The smallest absolute Gasteiger partial charge is 0.219 e. The number of hydrogen-bond donors (Lipinski definition) is 1. The van der Waals surface area contributed by atoms with Crippen LogP contribution in [-0.2, 0) is 11.2 Å². The number of aliphatic hydroxyl groups is 1. The van der Waals surface area contributed by atoms with Crippen LogP contribution in [0.3, 0.4) is 0 Å². The Morgan fingerprint density at radius 3 is 2.76 bits per heavy atom. The molecule has 1 aliphatic rings. The van der Waals surface area contributed by atoms with Crippen LogP contribution in [-0.4, -0.2) is 65.2 Å². The van der Waals surface area contributed by atoms with E-state index in [1.165, 1.54) is 0 Å². The number of para-hydroxylation sites is 1. The molecule has 138 valence electrons. The first-order valence-corrected chi connectivity index (χ1v) is 8.83. The van der Waals surface area contributed by atoms with Gasteiger partial charge in [0.05, 0.1) is 0 Å². The third-order valence-electron chi connectivity index (χ3n) is 4.72. The maximum Gasteiger partial charge on any atom is 0.219 e. The van der Waals surface area contributed by atoms with Crippen molar-refractivity contribution in [3.8, 4) is 5.75 Å². The zero-order valence-electron chi connectivity index (χ0n) is 15.6. The van der Waals surface area contributed by atoms with Crippen molar-refractivity contribution >= 4 is 5.91 Å². The number of carbonyl (C=O) groups excluding carboxylic acids is 1. The second kappa shape index (κ2) is 8.50. The highest BCUT2D eigenvalue weighted by molar-refractivity contribution is 5.73. The van der Waals surface area contributed by atoms with Gasteiger partial charge in [-0.25, -0.2) is 0 Å². The molecule has 1 aromatic carbocycles. The largest absolute Gasteiger partial charge is 0.491 e. The average molecular weight is 346 g/mol. The van der Waals surface area contributed by atoms with E-state index < -0.39 is 6.10 Å². The van der Waals surface area contributed by atoms with Gasteiger partial charge in [0.2, 0.25) is 5.91 Å². The number of hydrogen-bond acceptors (Lipinski definition) is 4. The Labute approximate surface area is 150 Å². The minimum Gasteiger partial charge on any atom is -0.491 e. The predicted octanol–water partition coefficient (Wildman–Crippen LogP) is 2.10. The average Bonchev–Trinajstić information content (AvgIpc) is 2.55. The summed E-state index contributed by atoms with van der Waals surface area (Å²) >= 11 is 0. The maximum absolute atomic E-state index is 11.6. The van der Waals surface area contributed by atoms with Crippen LogP contribution >= 0.6 is 0 Å². The van der Waals surface area contributed by atoms with Gasteiger partial charge in [0.1, 0.15) is 18.5 Å². The van der Waals surface area contributed by atoms with E-state index in [4.69, 9.17) is 4.74 Å². The van der Waals surface area contributed by atoms with Gasteiger partial charge >= 0.3 is 0 Å². The van der Waals surface area contributed by atoms with Gasteiger partial charge in [-0.2, -0.15) is 0 Å². The summed E-state index contributed by atoms with van der Waals surface area (Å²) in [5, 5.41) is 10.4. The van der Waals surface area contributed by atoms with Gasteiger partial charge in [0, 0.05) is 38.6 Å². The monoisotopic (exact) mass is 346 g/mol. The predicted molar refractivity (Wildman–Crippen MR) is 99.8 cm³/mol. The minimum absolute atomic E-state index is 0.107.